The van der Waals surface area contributed by atoms with Crippen molar-refractivity contribution in [3.8, 4) is 5.75 Å². The van der Waals surface area contributed by atoms with Gasteiger partial charge in [0, 0.05) is 40.6 Å². The van der Waals surface area contributed by atoms with Crippen molar-refractivity contribution in [3.63, 3.8) is 0 Å². The van der Waals surface area contributed by atoms with Gasteiger partial charge in [0.2, 0.25) is 0 Å². The first-order chi connectivity index (χ1) is 10.2. The molecule has 1 N–H and O–H groups in total. The second-order valence-corrected chi connectivity index (χ2v) is 6.49. The predicted octanol–water partition coefficient (Wildman–Crippen LogP) is 4.33. The van der Waals surface area contributed by atoms with Gasteiger partial charge in [-0.1, -0.05) is 27.5 Å². The van der Waals surface area contributed by atoms with Gasteiger partial charge in [0.25, 0.3) is 0 Å². The third kappa shape index (κ3) is 4.19. The standard InChI is InChI=1S/C16H16BrClN2O/c17-13-1-4-16(12(7-13)8-20-14-2-3-14)21-10-11-5-6-19-9-15(11)18/h1,4-7,9,14,20H,2-3,8,10H2. The van der Waals surface area contributed by atoms with E-state index in [0.29, 0.717) is 17.7 Å². The third-order valence-corrected chi connectivity index (χ3v) is 4.25. The van der Waals surface area contributed by atoms with Crippen LogP contribution in [0.3, 0.4) is 0 Å². The van der Waals surface area contributed by atoms with Crippen LogP contribution in [-0.2, 0) is 13.2 Å². The number of ether oxygens (including phenoxy) is 1. The molecular weight excluding hydrogens is 352 g/mol. The molecule has 0 saturated heterocycles. The molecule has 1 heterocycles. The van der Waals surface area contributed by atoms with Gasteiger partial charge in [0.1, 0.15) is 12.4 Å². The summed E-state index contributed by atoms with van der Waals surface area (Å²) in [6, 6.07) is 8.63. The van der Waals surface area contributed by atoms with Crippen LogP contribution < -0.4 is 10.1 Å². The maximum Gasteiger partial charge on any atom is 0.124 e. The van der Waals surface area contributed by atoms with Gasteiger partial charge < -0.3 is 10.1 Å². The molecule has 1 fully saturated rings. The quantitative estimate of drug-likeness (QED) is 0.825. The van der Waals surface area contributed by atoms with Gasteiger partial charge in [-0.15, -0.1) is 0 Å². The van der Waals surface area contributed by atoms with Crippen LogP contribution >= 0.6 is 27.5 Å². The molecule has 2 aromatic rings. The first kappa shape index (κ1) is 14.8. The summed E-state index contributed by atoms with van der Waals surface area (Å²) < 4.78 is 7.00. The van der Waals surface area contributed by atoms with Crippen LogP contribution in [0.4, 0.5) is 0 Å². The number of nitrogens with one attached hydrogen (secondary N) is 1. The largest absolute Gasteiger partial charge is 0.489 e. The average molecular weight is 368 g/mol. The van der Waals surface area contributed by atoms with Gasteiger partial charge in [-0.25, -0.2) is 0 Å². The van der Waals surface area contributed by atoms with Crippen molar-refractivity contribution in [2.24, 2.45) is 0 Å². The van der Waals surface area contributed by atoms with E-state index in [4.69, 9.17) is 16.3 Å². The van der Waals surface area contributed by atoms with Crippen molar-refractivity contribution in [2.45, 2.75) is 32.0 Å². The summed E-state index contributed by atoms with van der Waals surface area (Å²) in [6.45, 7) is 1.27. The number of rotatable bonds is 6. The first-order valence-corrected chi connectivity index (χ1v) is 8.12. The second kappa shape index (κ2) is 6.77. The molecule has 0 bridgehead atoms. The summed E-state index contributed by atoms with van der Waals surface area (Å²) in [6.07, 6.45) is 5.91. The highest BCUT2D eigenvalue weighted by atomic mass is 79.9. The number of hydrogen-bond acceptors (Lipinski definition) is 3. The van der Waals surface area contributed by atoms with Crippen LogP contribution in [-0.4, -0.2) is 11.0 Å². The molecule has 21 heavy (non-hydrogen) atoms. The van der Waals surface area contributed by atoms with E-state index in [0.717, 1.165) is 27.9 Å². The van der Waals surface area contributed by atoms with Crippen LogP contribution in [0.25, 0.3) is 0 Å². The lowest BCUT2D eigenvalue weighted by atomic mass is 10.2. The van der Waals surface area contributed by atoms with Gasteiger partial charge >= 0.3 is 0 Å². The minimum atomic E-state index is 0.444. The Morgan fingerprint density at radius 1 is 1.29 bits per heavy atom. The lowest BCUT2D eigenvalue weighted by Gasteiger charge is -2.13. The topological polar surface area (TPSA) is 34.1 Å². The number of aromatic nitrogens is 1. The second-order valence-electron chi connectivity index (χ2n) is 5.16. The van der Waals surface area contributed by atoms with E-state index in [9.17, 15) is 0 Å². The molecule has 1 aromatic heterocycles. The van der Waals surface area contributed by atoms with E-state index in [1.54, 1.807) is 12.4 Å². The van der Waals surface area contributed by atoms with Crippen LogP contribution in [0.15, 0.2) is 41.1 Å². The Balaban J connectivity index is 1.70. The van der Waals surface area contributed by atoms with Crippen molar-refractivity contribution in [1.29, 1.82) is 0 Å². The smallest absolute Gasteiger partial charge is 0.124 e. The Morgan fingerprint density at radius 2 is 2.14 bits per heavy atom. The molecule has 3 nitrogen and oxygen atoms in total. The molecule has 1 saturated carbocycles. The zero-order chi connectivity index (χ0) is 14.7. The number of pyridine rings is 1. The zero-order valence-corrected chi connectivity index (χ0v) is 13.8. The van der Waals surface area contributed by atoms with Crippen LogP contribution in [0, 0.1) is 0 Å². The van der Waals surface area contributed by atoms with Crippen molar-refractivity contribution < 1.29 is 4.74 Å². The Bertz CT molecular complexity index is 631. The van der Waals surface area contributed by atoms with E-state index in [1.807, 2.05) is 18.2 Å². The van der Waals surface area contributed by atoms with E-state index >= 15 is 0 Å². The van der Waals surface area contributed by atoms with E-state index in [2.05, 4.69) is 32.3 Å². The van der Waals surface area contributed by atoms with Gasteiger partial charge in [0.05, 0.1) is 5.02 Å². The fourth-order valence-corrected chi connectivity index (χ4v) is 2.63. The van der Waals surface area contributed by atoms with Gasteiger partial charge in [-0.05, 0) is 37.1 Å². The van der Waals surface area contributed by atoms with Gasteiger partial charge in [0.15, 0.2) is 0 Å². The molecule has 110 valence electrons. The van der Waals surface area contributed by atoms with Crippen LogP contribution in [0.1, 0.15) is 24.0 Å². The third-order valence-electron chi connectivity index (χ3n) is 3.42. The molecule has 1 aliphatic rings. The van der Waals surface area contributed by atoms with Crippen molar-refractivity contribution in [1.82, 2.24) is 10.3 Å². The van der Waals surface area contributed by atoms with Crippen LogP contribution in [0.2, 0.25) is 5.02 Å². The Kier molecular flexibility index (Phi) is 4.78. The highest BCUT2D eigenvalue weighted by molar-refractivity contribution is 9.10. The summed E-state index contributed by atoms with van der Waals surface area (Å²) in [5.41, 5.74) is 2.09. The first-order valence-electron chi connectivity index (χ1n) is 6.95. The van der Waals surface area contributed by atoms with E-state index in [-0.39, 0.29) is 0 Å². The normalized spacial score (nSPS) is 14.2. The molecule has 0 aliphatic heterocycles. The fourth-order valence-electron chi connectivity index (χ4n) is 2.05. The van der Waals surface area contributed by atoms with Crippen LogP contribution in [0.5, 0.6) is 5.75 Å². The summed E-state index contributed by atoms with van der Waals surface area (Å²) in [5, 5.41) is 4.14. The fraction of sp³-hybridized carbons (Fsp3) is 0.312. The van der Waals surface area contributed by atoms with E-state index in [1.165, 1.54) is 12.8 Å². The van der Waals surface area contributed by atoms with Crippen molar-refractivity contribution in [3.05, 3.63) is 57.3 Å². The number of halogens is 2. The summed E-state index contributed by atoms with van der Waals surface area (Å²) >= 11 is 9.62. The average Bonchev–Trinajstić information content (AvgIpc) is 3.30. The highest BCUT2D eigenvalue weighted by Crippen LogP contribution is 2.27. The van der Waals surface area contributed by atoms with E-state index < -0.39 is 0 Å². The number of nitrogens with zero attached hydrogens (tertiary/aromatic N) is 1. The number of hydrogen-bond donors (Lipinski definition) is 1. The molecule has 0 unspecified atom stereocenters. The number of benzene rings is 1. The Hall–Kier alpha value is -1.10. The molecule has 3 rings (SSSR count). The molecular formula is C16H16BrClN2O. The van der Waals surface area contributed by atoms with Crippen molar-refractivity contribution in [2.75, 3.05) is 0 Å². The summed E-state index contributed by atoms with van der Waals surface area (Å²) in [4.78, 5) is 3.98. The summed E-state index contributed by atoms with van der Waals surface area (Å²) in [5.74, 6) is 0.888. The Labute approximate surface area is 137 Å². The monoisotopic (exact) mass is 366 g/mol. The molecule has 1 aliphatic carbocycles. The molecule has 0 atom stereocenters. The van der Waals surface area contributed by atoms with Gasteiger partial charge in [-0.2, -0.15) is 0 Å². The minimum absolute atomic E-state index is 0.444. The Morgan fingerprint density at radius 3 is 2.90 bits per heavy atom. The molecule has 0 radical (unpaired) electrons. The maximum atomic E-state index is 6.10. The minimum Gasteiger partial charge on any atom is -0.489 e. The zero-order valence-electron chi connectivity index (χ0n) is 11.5. The van der Waals surface area contributed by atoms with Crippen molar-refractivity contribution >= 4 is 27.5 Å². The molecule has 1 aromatic carbocycles. The SMILES string of the molecule is Clc1cnccc1COc1ccc(Br)cc1CNC1CC1. The summed E-state index contributed by atoms with van der Waals surface area (Å²) in [7, 11) is 0. The lowest BCUT2D eigenvalue weighted by Crippen LogP contribution is -2.16. The van der Waals surface area contributed by atoms with Gasteiger partial charge in [-0.3, -0.25) is 4.98 Å². The predicted molar refractivity (Wildman–Crippen MR) is 87.6 cm³/mol. The molecule has 0 amide bonds. The maximum absolute atomic E-state index is 6.10. The molecule has 0 spiro atoms. The molecule has 5 heteroatoms. The highest BCUT2D eigenvalue weighted by Gasteiger charge is 2.20. The lowest BCUT2D eigenvalue weighted by molar-refractivity contribution is 0.302.